The highest BCUT2D eigenvalue weighted by molar-refractivity contribution is 5.83. The molecule has 2 aromatic heterocycles. The second kappa shape index (κ2) is 7.77. The monoisotopic (exact) mass is 321 g/mol. The number of hydrogen-bond acceptors (Lipinski definition) is 2. The fourth-order valence-corrected chi connectivity index (χ4v) is 3.02. The van der Waals surface area contributed by atoms with E-state index in [9.17, 15) is 4.79 Å². The van der Waals surface area contributed by atoms with Crippen LogP contribution in [0.2, 0.25) is 0 Å². The molecular weight excluding hydrogens is 298 g/mol. The fraction of sp³-hybridized carbons (Fsp3) is 0.300. The molecule has 0 saturated carbocycles. The number of pyridine rings is 1. The Hall–Kier alpha value is -2.62. The largest absolute Gasteiger partial charge is 0.352 e. The Morgan fingerprint density at radius 1 is 1.12 bits per heavy atom. The Kier molecular flexibility index (Phi) is 5.26. The molecule has 0 spiro atoms. The topological polar surface area (TPSA) is 46.9 Å². The third-order valence-corrected chi connectivity index (χ3v) is 4.32. The van der Waals surface area contributed by atoms with Crippen LogP contribution < -0.4 is 5.32 Å². The first-order valence-electron chi connectivity index (χ1n) is 8.42. The average molecular weight is 321 g/mol. The van der Waals surface area contributed by atoms with E-state index in [-0.39, 0.29) is 5.91 Å². The van der Waals surface area contributed by atoms with Crippen LogP contribution in [-0.2, 0) is 24.8 Å². The van der Waals surface area contributed by atoms with Gasteiger partial charge in [0, 0.05) is 49.5 Å². The highest BCUT2D eigenvalue weighted by Crippen LogP contribution is 2.22. The molecule has 1 N–H and O–H groups in total. The number of nitrogens with zero attached hydrogens (tertiary/aromatic N) is 2. The lowest BCUT2D eigenvalue weighted by molar-refractivity contribution is -0.121. The highest BCUT2D eigenvalue weighted by Gasteiger charge is 2.06. The van der Waals surface area contributed by atoms with Crippen molar-refractivity contribution in [2.24, 2.45) is 7.05 Å². The van der Waals surface area contributed by atoms with E-state index < -0.39 is 0 Å². The molecule has 0 fully saturated rings. The van der Waals surface area contributed by atoms with Gasteiger partial charge in [0.1, 0.15) is 0 Å². The first kappa shape index (κ1) is 16.2. The number of benzene rings is 1. The van der Waals surface area contributed by atoms with Crippen molar-refractivity contribution in [2.75, 3.05) is 0 Å². The molecule has 0 radical (unpaired) electrons. The minimum Gasteiger partial charge on any atom is -0.352 e. The summed E-state index contributed by atoms with van der Waals surface area (Å²) in [5, 5.41) is 4.28. The van der Waals surface area contributed by atoms with Crippen LogP contribution in [0, 0.1) is 0 Å². The lowest BCUT2D eigenvalue weighted by Gasteiger charge is -2.05. The first-order chi connectivity index (χ1) is 11.7. The third kappa shape index (κ3) is 4.02. The number of aromatic nitrogens is 2. The van der Waals surface area contributed by atoms with Gasteiger partial charge in [-0.05, 0) is 48.6 Å². The number of nitrogens with one attached hydrogen (secondary N) is 1. The van der Waals surface area contributed by atoms with Gasteiger partial charge in [-0.15, -0.1) is 0 Å². The summed E-state index contributed by atoms with van der Waals surface area (Å²) in [7, 11) is 2.08. The van der Waals surface area contributed by atoms with Gasteiger partial charge in [0.15, 0.2) is 0 Å². The number of unbranched alkanes of at least 4 members (excludes halogenated alkanes) is 1. The summed E-state index contributed by atoms with van der Waals surface area (Å²) in [6.45, 7) is 0.574. The predicted molar refractivity (Wildman–Crippen MR) is 96.6 cm³/mol. The van der Waals surface area contributed by atoms with Crippen molar-refractivity contribution in [3.63, 3.8) is 0 Å². The molecule has 3 rings (SSSR count). The van der Waals surface area contributed by atoms with E-state index in [1.165, 1.54) is 16.5 Å². The second-order valence-electron chi connectivity index (χ2n) is 6.12. The van der Waals surface area contributed by atoms with Gasteiger partial charge in [-0.25, -0.2) is 0 Å². The summed E-state index contributed by atoms with van der Waals surface area (Å²) >= 11 is 0. The number of rotatable bonds is 7. The Morgan fingerprint density at radius 2 is 1.92 bits per heavy atom. The van der Waals surface area contributed by atoms with Gasteiger partial charge in [-0.3, -0.25) is 9.78 Å². The Balaban J connectivity index is 1.42. The zero-order chi connectivity index (χ0) is 16.8. The second-order valence-corrected chi connectivity index (χ2v) is 6.12. The zero-order valence-electron chi connectivity index (χ0n) is 14.0. The van der Waals surface area contributed by atoms with Crippen molar-refractivity contribution in [1.29, 1.82) is 0 Å². The number of para-hydroxylation sites is 1. The molecular formula is C20H23N3O. The molecule has 0 aliphatic rings. The van der Waals surface area contributed by atoms with Crippen LogP contribution in [0.25, 0.3) is 10.9 Å². The lowest BCUT2D eigenvalue weighted by atomic mass is 10.1. The number of carbonyl (C=O) groups is 1. The average Bonchev–Trinajstić information content (AvgIpc) is 2.94. The molecule has 1 amide bonds. The summed E-state index contributed by atoms with van der Waals surface area (Å²) in [6.07, 6.45) is 9.21. The van der Waals surface area contributed by atoms with Gasteiger partial charge in [0.2, 0.25) is 5.91 Å². The molecule has 0 unspecified atom stereocenters. The third-order valence-electron chi connectivity index (χ3n) is 4.32. The Labute approximate surface area is 142 Å². The summed E-state index contributed by atoms with van der Waals surface area (Å²) in [5.74, 6) is 0.115. The minimum atomic E-state index is 0.115. The molecule has 24 heavy (non-hydrogen) atoms. The quantitative estimate of drug-likeness (QED) is 0.676. The van der Waals surface area contributed by atoms with Crippen molar-refractivity contribution in [1.82, 2.24) is 14.9 Å². The number of aryl methyl sites for hydroxylation is 2. The van der Waals surface area contributed by atoms with Crippen LogP contribution >= 0.6 is 0 Å². The normalized spacial score (nSPS) is 10.9. The Morgan fingerprint density at radius 3 is 2.75 bits per heavy atom. The molecule has 1 aromatic carbocycles. The summed E-state index contributed by atoms with van der Waals surface area (Å²) in [5.41, 5.74) is 3.71. The van der Waals surface area contributed by atoms with Crippen molar-refractivity contribution in [3.8, 4) is 0 Å². The summed E-state index contributed by atoms with van der Waals surface area (Å²) < 4.78 is 2.17. The van der Waals surface area contributed by atoms with E-state index in [0.29, 0.717) is 13.0 Å². The van der Waals surface area contributed by atoms with Gasteiger partial charge in [-0.1, -0.05) is 18.2 Å². The van der Waals surface area contributed by atoms with E-state index >= 15 is 0 Å². The van der Waals surface area contributed by atoms with Crippen molar-refractivity contribution in [3.05, 3.63) is 66.1 Å². The Bertz CT molecular complexity index is 808. The highest BCUT2D eigenvalue weighted by atomic mass is 16.1. The van der Waals surface area contributed by atoms with Gasteiger partial charge < -0.3 is 9.88 Å². The summed E-state index contributed by atoms with van der Waals surface area (Å²) in [4.78, 5) is 15.9. The van der Waals surface area contributed by atoms with Crippen LogP contribution in [0.3, 0.4) is 0 Å². The van der Waals surface area contributed by atoms with Crippen LogP contribution in [0.1, 0.15) is 30.4 Å². The molecule has 2 heterocycles. The molecule has 0 aliphatic heterocycles. The molecule has 0 atom stereocenters. The van der Waals surface area contributed by atoms with Crippen molar-refractivity contribution >= 4 is 16.8 Å². The van der Waals surface area contributed by atoms with E-state index in [4.69, 9.17) is 0 Å². The number of amides is 1. The maximum Gasteiger partial charge on any atom is 0.220 e. The van der Waals surface area contributed by atoms with E-state index in [1.54, 1.807) is 12.4 Å². The van der Waals surface area contributed by atoms with Crippen LogP contribution in [0.5, 0.6) is 0 Å². The van der Waals surface area contributed by atoms with Gasteiger partial charge >= 0.3 is 0 Å². The maximum atomic E-state index is 11.9. The first-order valence-corrected chi connectivity index (χ1v) is 8.42. The zero-order valence-corrected chi connectivity index (χ0v) is 14.0. The molecule has 3 aromatic rings. The predicted octanol–water partition coefficient (Wildman–Crippen LogP) is 3.60. The smallest absolute Gasteiger partial charge is 0.220 e. The number of carbonyl (C=O) groups excluding carboxylic acids is 1. The molecule has 124 valence electrons. The standard InChI is InChI=1S/C20H23N3O/c1-23-15-17(18-7-3-4-8-19(18)23)6-2-5-9-20(24)22-14-16-10-12-21-13-11-16/h3-4,7-8,10-13,15H,2,5-6,9,14H2,1H3,(H,22,24). The maximum absolute atomic E-state index is 11.9. The summed E-state index contributed by atoms with van der Waals surface area (Å²) in [6, 6.07) is 12.3. The van der Waals surface area contributed by atoms with Crippen LogP contribution in [-0.4, -0.2) is 15.5 Å². The van der Waals surface area contributed by atoms with Gasteiger partial charge in [0.05, 0.1) is 0 Å². The van der Waals surface area contributed by atoms with Gasteiger partial charge in [0.25, 0.3) is 0 Å². The van der Waals surface area contributed by atoms with Crippen LogP contribution in [0.4, 0.5) is 0 Å². The minimum absolute atomic E-state index is 0.115. The van der Waals surface area contributed by atoms with Crippen molar-refractivity contribution < 1.29 is 4.79 Å². The molecule has 0 saturated heterocycles. The lowest BCUT2D eigenvalue weighted by Crippen LogP contribution is -2.22. The van der Waals surface area contributed by atoms with E-state index in [2.05, 4.69) is 52.4 Å². The molecule has 0 aliphatic carbocycles. The fourth-order valence-electron chi connectivity index (χ4n) is 3.02. The molecule has 0 bridgehead atoms. The van der Waals surface area contributed by atoms with Crippen molar-refractivity contribution in [2.45, 2.75) is 32.2 Å². The van der Waals surface area contributed by atoms with E-state index in [0.717, 1.165) is 24.8 Å². The SMILES string of the molecule is Cn1cc(CCCCC(=O)NCc2ccncc2)c2ccccc21. The van der Waals surface area contributed by atoms with Gasteiger partial charge in [-0.2, -0.15) is 0 Å². The van der Waals surface area contributed by atoms with E-state index in [1.807, 2.05) is 12.1 Å². The molecule has 4 heteroatoms. The molecule has 4 nitrogen and oxygen atoms in total. The number of fused-ring (bicyclic) bond motifs is 1. The van der Waals surface area contributed by atoms with Crippen LogP contribution in [0.15, 0.2) is 55.0 Å². The number of hydrogen-bond donors (Lipinski definition) is 1.